The highest BCUT2D eigenvalue weighted by molar-refractivity contribution is 9.10. The van der Waals surface area contributed by atoms with E-state index in [0.29, 0.717) is 6.54 Å². The first kappa shape index (κ1) is 18.9. The molecule has 1 aromatic carbocycles. The molecule has 2 atom stereocenters. The van der Waals surface area contributed by atoms with Crippen LogP contribution in [0.4, 0.5) is 5.69 Å². The predicted octanol–water partition coefficient (Wildman–Crippen LogP) is 2.37. The standard InChI is InChI=1S/C19H24BrN3O3/c1-12(18(25)22-15-6-2-3-7-15)21-19(26)13-9-17(24)23(11-13)16-8-4-5-14(20)10-16/h4-5,8,10,12-13,15H,2-3,6-7,9,11H2,1H3,(H,21,26)(H,22,25)/t12-,13-/m1/s1. The van der Waals surface area contributed by atoms with Gasteiger partial charge in [-0.15, -0.1) is 0 Å². The number of amides is 3. The highest BCUT2D eigenvalue weighted by atomic mass is 79.9. The largest absolute Gasteiger partial charge is 0.352 e. The molecule has 1 aliphatic heterocycles. The molecule has 6 nitrogen and oxygen atoms in total. The summed E-state index contributed by atoms with van der Waals surface area (Å²) in [5.74, 6) is -0.919. The van der Waals surface area contributed by atoms with Gasteiger partial charge in [0.15, 0.2) is 0 Å². The summed E-state index contributed by atoms with van der Waals surface area (Å²) in [6.45, 7) is 2.02. The quantitative estimate of drug-likeness (QED) is 0.765. The lowest BCUT2D eigenvalue weighted by atomic mass is 10.1. The molecule has 140 valence electrons. The van der Waals surface area contributed by atoms with E-state index >= 15 is 0 Å². The Morgan fingerprint density at radius 2 is 2.00 bits per heavy atom. The number of hydrogen-bond acceptors (Lipinski definition) is 3. The molecule has 0 aromatic heterocycles. The Bertz CT molecular complexity index is 703. The van der Waals surface area contributed by atoms with Crippen LogP contribution >= 0.6 is 15.9 Å². The maximum Gasteiger partial charge on any atom is 0.242 e. The second-order valence-electron chi connectivity index (χ2n) is 7.11. The number of nitrogens with zero attached hydrogens (tertiary/aromatic N) is 1. The summed E-state index contributed by atoms with van der Waals surface area (Å²) in [6, 6.07) is 7.07. The van der Waals surface area contributed by atoms with Crippen LogP contribution < -0.4 is 15.5 Å². The molecule has 0 unspecified atom stereocenters. The van der Waals surface area contributed by atoms with Crippen LogP contribution in [0.15, 0.2) is 28.7 Å². The molecule has 0 spiro atoms. The third-order valence-electron chi connectivity index (χ3n) is 5.07. The molecule has 2 aliphatic rings. The number of rotatable bonds is 5. The van der Waals surface area contributed by atoms with Crippen LogP contribution in [-0.4, -0.2) is 36.3 Å². The van der Waals surface area contributed by atoms with E-state index in [2.05, 4.69) is 26.6 Å². The first-order valence-electron chi connectivity index (χ1n) is 9.10. The van der Waals surface area contributed by atoms with E-state index < -0.39 is 12.0 Å². The van der Waals surface area contributed by atoms with E-state index in [0.717, 1.165) is 35.8 Å². The minimum absolute atomic E-state index is 0.0775. The van der Waals surface area contributed by atoms with Crippen LogP contribution in [0.5, 0.6) is 0 Å². The van der Waals surface area contributed by atoms with E-state index in [4.69, 9.17) is 0 Å². The van der Waals surface area contributed by atoms with Crippen LogP contribution in [-0.2, 0) is 14.4 Å². The van der Waals surface area contributed by atoms with Crippen molar-refractivity contribution in [2.75, 3.05) is 11.4 Å². The fraction of sp³-hybridized carbons (Fsp3) is 0.526. The van der Waals surface area contributed by atoms with Crippen molar-refractivity contribution in [3.8, 4) is 0 Å². The van der Waals surface area contributed by atoms with Crippen molar-refractivity contribution in [3.05, 3.63) is 28.7 Å². The van der Waals surface area contributed by atoms with Crippen molar-refractivity contribution in [3.63, 3.8) is 0 Å². The van der Waals surface area contributed by atoms with E-state index in [1.165, 1.54) is 0 Å². The summed E-state index contributed by atoms with van der Waals surface area (Å²) in [4.78, 5) is 38.7. The maximum absolute atomic E-state index is 12.5. The Morgan fingerprint density at radius 3 is 2.69 bits per heavy atom. The molecule has 1 heterocycles. The molecule has 1 saturated carbocycles. The average molecular weight is 422 g/mol. The van der Waals surface area contributed by atoms with Gasteiger partial charge in [-0.3, -0.25) is 14.4 Å². The van der Waals surface area contributed by atoms with Gasteiger partial charge in [-0.25, -0.2) is 0 Å². The summed E-state index contributed by atoms with van der Waals surface area (Å²) in [5.41, 5.74) is 0.770. The topological polar surface area (TPSA) is 78.5 Å². The lowest BCUT2D eigenvalue weighted by Gasteiger charge is -2.20. The second-order valence-corrected chi connectivity index (χ2v) is 8.02. The second kappa shape index (κ2) is 8.20. The van der Waals surface area contributed by atoms with Crippen molar-refractivity contribution in [1.82, 2.24) is 10.6 Å². The molecule has 2 fully saturated rings. The van der Waals surface area contributed by atoms with E-state index in [9.17, 15) is 14.4 Å². The Morgan fingerprint density at radius 1 is 1.27 bits per heavy atom. The van der Waals surface area contributed by atoms with Crippen LogP contribution in [0.1, 0.15) is 39.0 Å². The Balaban J connectivity index is 1.55. The highest BCUT2D eigenvalue weighted by Crippen LogP contribution is 2.27. The first-order valence-corrected chi connectivity index (χ1v) is 9.90. The molecule has 1 aliphatic carbocycles. The predicted molar refractivity (Wildman–Crippen MR) is 103 cm³/mol. The van der Waals surface area contributed by atoms with Crippen molar-refractivity contribution in [2.45, 2.75) is 51.1 Å². The van der Waals surface area contributed by atoms with Gasteiger partial charge in [-0.1, -0.05) is 34.8 Å². The molecular formula is C19H24BrN3O3. The SMILES string of the molecule is C[C@@H](NC(=O)[C@@H]1CC(=O)N(c2cccc(Br)c2)C1)C(=O)NC1CCCC1. The van der Waals surface area contributed by atoms with Gasteiger partial charge in [0.25, 0.3) is 0 Å². The molecule has 2 N–H and O–H groups in total. The minimum atomic E-state index is -0.599. The highest BCUT2D eigenvalue weighted by Gasteiger charge is 2.36. The maximum atomic E-state index is 12.5. The van der Waals surface area contributed by atoms with Crippen molar-refractivity contribution < 1.29 is 14.4 Å². The normalized spacial score (nSPS) is 21.7. The van der Waals surface area contributed by atoms with E-state index in [1.54, 1.807) is 11.8 Å². The number of benzene rings is 1. The molecular weight excluding hydrogens is 398 g/mol. The van der Waals surface area contributed by atoms with Gasteiger partial charge in [0, 0.05) is 29.2 Å². The van der Waals surface area contributed by atoms with E-state index in [-0.39, 0.29) is 30.2 Å². The Labute approximate surface area is 161 Å². The summed E-state index contributed by atoms with van der Waals surface area (Å²) >= 11 is 3.40. The number of carbonyl (C=O) groups is 3. The van der Waals surface area contributed by atoms with Crippen molar-refractivity contribution in [1.29, 1.82) is 0 Å². The lowest BCUT2D eigenvalue weighted by molar-refractivity contribution is -0.131. The fourth-order valence-corrected chi connectivity index (χ4v) is 3.96. The third kappa shape index (κ3) is 4.44. The number of nitrogens with one attached hydrogen (secondary N) is 2. The van der Waals surface area contributed by atoms with Crippen LogP contribution in [0.3, 0.4) is 0 Å². The van der Waals surface area contributed by atoms with Gasteiger partial charge in [0.05, 0.1) is 5.92 Å². The van der Waals surface area contributed by atoms with Gasteiger partial charge in [0.2, 0.25) is 17.7 Å². The zero-order valence-electron chi connectivity index (χ0n) is 14.8. The third-order valence-corrected chi connectivity index (χ3v) is 5.56. The summed E-state index contributed by atoms with van der Waals surface area (Å²) in [7, 11) is 0. The average Bonchev–Trinajstić information content (AvgIpc) is 3.24. The van der Waals surface area contributed by atoms with Gasteiger partial charge in [0.1, 0.15) is 6.04 Å². The molecule has 26 heavy (non-hydrogen) atoms. The molecule has 0 bridgehead atoms. The van der Waals surface area contributed by atoms with Crippen LogP contribution in [0, 0.1) is 5.92 Å². The molecule has 1 aromatic rings. The van der Waals surface area contributed by atoms with Gasteiger partial charge in [-0.2, -0.15) is 0 Å². The van der Waals surface area contributed by atoms with Gasteiger partial charge < -0.3 is 15.5 Å². The zero-order valence-corrected chi connectivity index (χ0v) is 16.4. The summed E-state index contributed by atoms with van der Waals surface area (Å²) in [6.07, 6.45) is 4.45. The Hall–Kier alpha value is -1.89. The van der Waals surface area contributed by atoms with Crippen LogP contribution in [0.25, 0.3) is 0 Å². The molecule has 1 saturated heterocycles. The van der Waals surface area contributed by atoms with Gasteiger partial charge in [-0.05, 0) is 38.0 Å². The van der Waals surface area contributed by atoms with Crippen molar-refractivity contribution >= 4 is 39.3 Å². The van der Waals surface area contributed by atoms with Gasteiger partial charge >= 0.3 is 0 Å². The molecule has 3 amide bonds. The first-order chi connectivity index (χ1) is 12.4. The Kier molecular flexibility index (Phi) is 5.96. The lowest BCUT2D eigenvalue weighted by Crippen LogP contribution is -2.49. The molecule has 3 rings (SSSR count). The summed E-state index contributed by atoms with van der Waals surface area (Å²) < 4.78 is 0.882. The van der Waals surface area contributed by atoms with Crippen LogP contribution in [0.2, 0.25) is 0 Å². The molecule has 7 heteroatoms. The smallest absolute Gasteiger partial charge is 0.242 e. The monoisotopic (exact) mass is 421 g/mol. The minimum Gasteiger partial charge on any atom is -0.352 e. The molecule has 0 radical (unpaired) electrons. The number of halogens is 1. The number of hydrogen-bond donors (Lipinski definition) is 2. The van der Waals surface area contributed by atoms with E-state index in [1.807, 2.05) is 24.3 Å². The zero-order chi connectivity index (χ0) is 18.7. The fourth-order valence-electron chi connectivity index (χ4n) is 3.57. The number of anilines is 1. The number of carbonyl (C=O) groups excluding carboxylic acids is 3. The summed E-state index contributed by atoms with van der Waals surface area (Å²) in [5, 5.41) is 5.75. The van der Waals surface area contributed by atoms with Crippen molar-refractivity contribution in [2.24, 2.45) is 5.92 Å².